The van der Waals surface area contributed by atoms with Crippen LogP contribution in [0.1, 0.15) is 12.8 Å². The third kappa shape index (κ3) is 4.96. The van der Waals surface area contributed by atoms with E-state index < -0.39 is 0 Å². The minimum atomic E-state index is -0.0995. The Balaban J connectivity index is 1.44. The number of hydrogen-bond acceptors (Lipinski definition) is 5. The van der Waals surface area contributed by atoms with Crippen LogP contribution < -0.4 is 20.1 Å². The second-order valence-electron chi connectivity index (χ2n) is 5.64. The van der Waals surface area contributed by atoms with Gasteiger partial charge in [-0.1, -0.05) is 6.07 Å². The summed E-state index contributed by atoms with van der Waals surface area (Å²) >= 11 is 0. The van der Waals surface area contributed by atoms with Gasteiger partial charge in [-0.05, 0) is 49.7 Å². The molecule has 0 aliphatic carbocycles. The summed E-state index contributed by atoms with van der Waals surface area (Å²) in [6, 6.07) is 12.8. The zero-order valence-electron chi connectivity index (χ0n) is 13.4. The molecule has 0 bridgehead atoms. The number of piperidine rings is 1. The summed E-state index contributed by atoms with van der Waals surface area (Å²) in [6.07, 6.45) is 3.77. The third-order valence-corrected chi connectivity index (χ3v) is 3.72. The van der Waals surface area contributed by atoms with Crippen molar-refractivity contribution in [1.82, 2.24) is 15.6 Å². The molecule has 1 aromatic heterocycles. The van der Waals surface area contributed by atoms with Crippen LogP contribution in [0.4, 0.5) is 0 Å². The van der Waals surface area contributed by atoms with Gasteiger partial charge in [0, 0.05) is 24.8 Å². The zero-order chi connectivity index (χ0) is 16.6. The second-order valence-corrected chi connectivity index (χ2v) is 5.64. The molecule has 0 spiro atoms. The third-order valence-electron chi connectivity index (χ3n) is 3.72. The smallest absolute Gasteiger partial charge is 0.258 e. The quantitative estimate of drug-likeness (QED) is 0.850. The number of nitrogens with one attached hydrogen (secondary N) is 2. The molecular weight excluding hydrogens is 306 g/mol. The summed E-state index contributed by atoms with van der Waals surface area (Å²) in [5.41, 5.74) is 0. The number of amides is 1. The van der Waals surface area contributed by atoms with E-state index in [4.69, 9.17) is 9.47 Å². The molecule has 6 nitrogen and oxygen atoms in total. The van der Waals surface area contributed by atoms with Gasteiger partial charge in [-0.25, -0.2) is 4.98 Å². The van der Waals surface area contributed by atoms with Crippen LogP contribution in [0, 0.1) is 0 Å². The standard InChI is InChI=1S/C18H21N3O3/c22-17(21-14-4-3-10-19-12-14)13-23-15-6-8-16(9-7-15)24-18-5-1-2-11-20-18/h1-2,5-9,11,14,19H,3-4,10,12-13H2,(H,21,22)/t14-/m0/s1. The van der Waals surface area contributed by atoms with Crippen molar-refractivity contribution in [2.45, 2.75) is 18.9 Å². The number of carbonyl (C=O) groups is 1. The lowest BCUT2D eigenvalue weighted by Crippen LogP contribution is -2.46. The minimum Gasteiger partial charge on any atom is -0.484 e. The summed E-state index contributed by atoms with van der Waals surface area (Å²) in [7, 11) is 0. The fraction of sp³-hybridized carbons (Fsp3) is 0.333. The summed E-state index contributed by atoms with van der Waals surface area (Å²) < 4.78 is 11.1. The highest BCUT2D eigenvalue weighted by molar-refractivity contribution is 5.77. The first kappa shape index (κ1) is 16.3. The molecule has 6 heteroatoms. The monoisotopic (exact) mass is 327 g/mol. The molecule has 2 heterocycles. The van der Waals surface area contributed by atoms with E-state index in [1.807, 2.05) is 12.1 Å². The van der Waals surface area contributed by atoms with Crippen LogP contribution in [0.15, 0.2) is 48.7 Å². The Hall–Kier alpha value is -2.60. The van der Waals surface area contributed by atoms with Crippen LogP contribution in [0.2, 0.25) is 0 Å². The van der Waals surface area contributed by atoms with Gasteiger partial charge in [-0.2, -0.15) is 0 Å². The van der Waals surface area contributed by atoms with E-state index in [0.29, 0.717) is 17.4 Å². The lowest BCUT2D eigenvalue weighted by Gasteiger charge is -2.23. The van der Waals surface area contributed by atoms with Gasteiger partial charge in [0.05, 0.1) is 0 Å². The predicted molar refractivity (Wildman–Crippen MR) is 90.3 cm³/mol. The first-order valence-electron chi connectivity index (χ1n) is 8.11. The van der Waals surface area contributed by atoms with E-state index in [2.05, 4.69) is 15.6 Å². The maximum Gasteiger partial charge on any atom is 0.258 e. The lowest BCUT2D eigenvalue weighted by molar-refractivity contribution is -0.123. The van der Waals surface area contributed by atoms with Gasteiger partial charge in [-0.15, -0.1) is 0 Å². The van der Waals surface area contributed by atoms with Crippen LogP contribution in [0.5, 0.6) is 17.4 Å². The zero-order valence-corrected chi connectivity index (χ0v) is 13.4. The normalized spacial score (nSPS) is 17.1. The van der Waals surface area contributed by atoms with E-state index in [-0.39, 0.29) is 18.6 Å². The van der Waals surface area contributed by atoms with Crippen molar-refractivity contribution < 1.29 is 14.3 Å². The fourth-order valence-electron chi connectivity index (χ4n) is 2.53. The number of hydrogen-bond donors (Lipinski definition) is 2. The molecule has 24 heavy (non-hydrogen) atoms. The van der Waals surface area contributed by atoms with Crippen molar-refractivity contribution in [2.24, 2.45) is 0 Å². The molecule has 1 saturated heterocycles. The molecule has 1 fully saturated rings. The number of rotatable bonds is 6. The average Bonchev–Trinajstić information content (AvgIpc) is 2.63. The van der Waals surface area contributed by atoms with Gasteiger partial charge < -0.3 is 20.1 Å². The molecule has 0 unspecified atom stereocenters. The maximum absolute atomic E-state index is 11.9. The van der Waals surface area contributed by atoms with Crippen molar-refractivity contribution in [3.63, 3.8) is 0 Å². The largest absolute Gasteiger partial charge is 0.484 e. The highest BCUT2D eigenvalue weighted by atomic mass is 16.5. The lowest BCUT2D eigenvalue weighted by atomic mass is 10.1. The van der Waals surface area contributed by atoms with Crippen LogP contribution in [-0.2, 0) is 4.79 Å². The van der Waals surface area contributed by atoms with E-state index in [0.717, 1.165) is 25.9 Å². The van der Waals surface area contributed by atoms with Gasteiger partial charge in [0.1, 0.15) is 11.5 Å². The van der Waals surface area contributed by atoms with Crippen molar-refractivity contribution in [1.29, 1.82) is 0 Å². The average molecular weight is 327 g/mol. The molecule has 0 radical (unpaired) electrons. The van der Waals surface area contributed by atoms with E-state index in [1.165, 1.54) is 0 Å². The maximum atomic E-state index is 11.9. The highest BCUT2D eigenvalue weighted by Gasteiger charge is 2.15. The van der Waals surface area contributed by atoms with Crippen molar-refractivity contribution in [2.75, 3.05) is 19.7 Å². The van der Waals surface area contributed by atoms with E-state index in [9.17, 15) is 4.79 Å². The summed E-state index contributed by atoms with van der Waals surface area (Å²) in [6.45, 7) is 1.86. The first-order chi connectivity index (χ1) is 11.8. The van der Waals surface area contributed by atoms with Crippen molar-refractivity contribution >= 4 is 5.91 Å². The van der Waals surface area contributed by atoms with Crippen LogP contribution >= 0.6 is 0 Å². The molecule has 2 N–H and O–H groups in total. The van der Waals surface area contributed by atoms with E-state index in [1.54, 1.807) is 36.5 Å². The minimum absolute atomic E-state index is 0.0109. The Bertz CT molecular complexity index is 640. The molecule has 1 amide bonds. The van der Waals surface area contributed by atoms with E-state index >= 15 is 0 Å². The predicted octanol–water partition coefficient (Wildman–Crippen LogP) is 2.12. The Labute approximate surface area is 141 Å². The number of aromatic nitrogens is 1. The Morgan fingerprint density at radius 2 is 2.04 bits per heavy atom. The topological polar surface area (TPSA) is 72.5 Å². The van der Waals surface area contributed by atoms with Crippen molar-refractivity contribution in [3.05, 3.63) is 48.7 Å². The van der Waals surface area contributed by atoms with Crippen LogP contribution in [0.3, 0.4) is 0 Å². The van der Waals surface area contributed by atoms with Crippen molar-refractivity contribution in [3.8, 4) is 17.4 Å². The number of benzene rings is 1. The van der Waals surface area contributed by atoms with Gasteiger partial charge in [0.2, 0.25) is 5.88 Å². The summed E-state index contributed by atoms with van der Waals surface area (Å²) in [5, 5.41) is 6.24. The second kappa shape index (κ2) is 8.31. The van der Waals surface area contributed by atoms with Crippen LogP contribution in [-0.4, -0.2) is 36.6 Å². The summed E-state index contributed by atoms with van der Waals surface area (Å²) in [4.78, 5) is 16.0. The fourth-order valence-corrected chi connectivity index (χ4v) is 2.53. The molecule has 1 aromatic carbocycles. The Morgan fingerprint density at radius 1 is 1.21 bits per heavy atom. The number of carbonyl (C=O) groups excluding carboxylic acids is 1. The molecule has 0 saturated carbocycles. The number of pyridine rings is 1. The Kier molecular flexibility index (Phi) is 5.63. The van der Waals surface area contributed by atoms with Gasteiger partial charge in [0.25, 0.3) is 5.91 Å². The first-order valence-corrected chi connectivity index (χ1v) is 8.11. The molecule has 1 aliphatic heterocycles. The highest BCUT2D eigenvalue weighted by Crippen LogP contribution is 2.22. The number of ether oxygens (including phenoxy) is 2. The SMILES string of the molecule is O=C(COc1ccc(Oc2ccccn2)cc1)N[C@H]1CCCNC1. The van der Waals surface area contributed by atoms with Crippen LogP contribution in [0.25, 0.3) is 0 Å². The summed E-state index contributed by atoms with van der Waals surface area (Å²) in [5.74, 6) is 1.73. The molecule has 2 aromatic rings. The molecule has 1 aliphatic rings. The van der Waals surface area contributed by atoms with Gasteiger partial charge in [-0.3, -0.25) is 4.79 Å². The van der Waals surface area contributed by atoms with Gasteiger partial charge in [0.15, 0.2) is 6.61 Å². The number of nitrogens with zero attached hydrogens (tertiary/aromatic N) is 1. The molecule has 1 atom stereocenters. The Morgan fingerprint density at radius 3 is 2.75 bits per heavy atom. The molecular formula is C18H21N3O3. The molecule has 3 rings (SSSR count). The molecule has 126 valence electrons. The van der Waals surface area contributed by atoms with Gasteiger partial charge >= 0.3 is 0 Å².